The van der Waals surface area contributed by atoms with Crippen LogP contribution >= 0.6 is 0 Å². The second-order valence-electron chi connectivity index (χ2n) is 3.96. The van der Waals surface area contributed by atoms with Gasteiger partial charge in [0.1, 0.15) is 6.10 Å². The molecule has 4 atom stereocenters. The van der Waals surface area contributed by atoms with Crippen LogP contribution in [0.4, 0.5) is 0 Å². The molecule has 0 spiro atoms. The smallest absolute Gasteiger partial charge is 0.303 e. The molecule has 0 radical (unpaired) electrons. The molecule has 1 aliphatic heterocycles. The fourth-order valence-corrected chi connectivity index (χ4v) is 1.89. The molecule has 0 aromatic rings. The van der Waals surface area contributed by atoms with Gasteiger partial charge in [0.2, 0.25) is 0 Å². The fourth-order valence-electron chi connectivity index (χ4n) is 1.89. The Morgan fingerprint density at radius 1 is 1.12 bits per heavy atom. The van der Waals surface area contributed by atoms with E-state index in [2.05, 4.69) is 0 Å². The zero-order valence-electron chi connectivity index (χ0n) is 10.5. The lowest BCUT2D eigenvalue weighted by molar-refractivity contribution is -0.219. The van der Waals surface area contributed by atoms with Gasteiger partial charge in [-0.15, -0.1) is 0 Å². The Balaban J connectivity index is 2.80. The van der Waals surface area contributed by atoms with Crippen LogP contribution in [0.5, 0.6) is 0 Å². The van der Waals surface area contributed by atoms with E-state index >= 15 is 0 Å². The first-order valence-electron chi connectivity index (χ1n) is 5.44. The van der Waals surface area contributed by atoms with E-state index in [-0.39, 0.29) is 12.7 Å². The van der Waals surface area contributed by atoms with Gasteiger partial charge in [-0.2, -0.15) is 0 Å². The van der Waals surface area contributed by atoms with Gasteiger partial charge in [-0.3, -0.25) is 9.59 Å². The summed E-state index contributed by atoms with van der Waals surface area (Å²) in [5.74, 6) is -0.886. The molecule has 1 saturated heterocycles. The highest BCUT2D eigenvalue weighted by atomic mass is 16.6. The average molecular weight is 246 g/mol. The van der Waals surface area contributed by atoms with E-state index in [4.69, 9.17) is 18.9 Å². The highest BCUT2D eigenvalue weighted by molar-refractivity contribution is 5.67. The maximum absolute atomic E-state index is 11.1. The summed E-state index contributed by atoms with van der Waals surface area (Å²) in [6.45, 7) is 4.61. The number of methoxy groups -OCH3 is 1. The maximum atomic E-state index is 11.1. The van der Waals surface area contributed by atoms with Crippen LogP contribution in [0.2, 0.25) is 0 Å². The zero-order valence-corrected chi connectivity index (χ0v) is 10.5. The minimum atomic E-state index is -0.634. The molecule has 1 fully saturated rings. The number of hydrogen-bond donors (Lipinski definition) is 0. The third-order valence-corrected chi connectivity index (χ3v) is 2.57. The molecule has 1 aliphatic rings. The molecule has 0 N–H and O–H groups in total. The molecule has 0 aromatic heterocycles. The minimum absolute atomic E-state index is 0.193. The highest BCUT2D eigenvalue weighted by Crippen LogP contribution is 2.23. The van der Waals surface area contributed by atoms with E-state index in [9.17, 15) is 9.59 Å². The normalized spacial score (nSPS) is 32.9. The molecule has 6 nitrogen and oxygen atoms in total. The van der Waals surface area contributed by atoms with E-state index < -0.39 is 30.3 Å². The lowest BCUT2D eigenvalue weighted by Gasteiger charge is -2.39. The topological polar surface area (TPSA) is 71.1 Å². The predicted molar refractivity (Wildman–Crippen MR) is 57.3 cm³/mol. The van der Waals surface area contributed by atoms with E-state index in [1.807, 2.05) is 6.92 Å². The molecule has 98 valence electrons. The van der Waals surface area contributed by atoms with Crippen LogP contribution in [0.3, 0.4) is 0 Å². The lowest BCUT2D eigenvalue weighted by Crippen LogP contribution is -2.55. The maximum Gasteiger partial charge on any atom is 0.303 e. The molecule has 0 saturated carbocycles. The summed E-state index contributed by atoms with van der Waals surface area (Å²) in [5.41, 5.74) is 0. The van der Waals surface area contributed by atoms with Crippen LogP contribution in [-0.2, 0) is 28.5 Å². The third kappa shape index (κ3) is 3.67. The van der Waals surface area contributed by atoms with Crippen molar-refractivity contribution >= 4 is 11.9 Å². The first-order chi connectivity index (χ1) is 7.95. The second-order valence-corrected chi connectivity index (χ2v) is 3.96. The van der Waals surface area contributed by atoms with Gasteiger partial charge in [-0.05, 0) is 6.92 Å². The fraction of sp³-hybridized carbons (Fsp3) is 0.818. The van der Waals surface area contributed by atoms with Crippen molar-refractivity contribution in [1.29, 1.82) is 0 Å². The van der Waals surface area contributed by atoms with Gasteiger partial charge in [-0.1, -0.05) is 0 Å². The van der Waals surface area contributed by atoms with Crippen molar-refractivity contribution in [1.82, 2.24) is 0 Å². The summed E-state index contributed by atoms with van der Waals surface area (Å²) < 4.78 is 20.9. The monoisotopic (exact) mass is 246 g/mol. The molecule has 6 heteroatoms. The number of hydrogen-bond acceptors (Lipinski definition) is 6. The molecule has 0 bridgehead atoms. The van der Waals surface area contributed by atoms with Crippen molar-refractivity contribution in [3.63, 3.8) is 0 Å². The van der Waals surface area contributed by atoms with Crippen LogP contribution < -0.4 is 0 Å². The molecule has 0 aliphatic carbocycles. The Morgan fingerprint density at radius 2 is 1.71 bits per heavy atom. The number of carbonyl (C=O) groups is 2. The molecular weight excluding hydrogens is 228 g/mol. The van der Waals surface area contributed by atoms with Crippen molar-refractivity contribution in [3.8, 4) is 0 Å². The quantitative estimate of drug-likeness (QED) is 0.666. The lowest BCUT2D eigenvalue weighted by atomic mass is 10.0. The van der Waals surface area contributed by atoms with Crippen molar-refractivity contribution in [2.45, 2.75) is 45.2 Å². The van der Waals surface area contributed by atoms with Crippen LogP contribution in [0.15, 0.2) is 0 Å². The van der Waals surface area contributed by atoms with Crippen molar-refractivity contribution < 1.29 is 28.5 Å². The average Bonchev–Trinajstić information content (AvgIpc) is 2.21. The largest absolute Gasteiger partial charge is 0.456 e. The zero-order chi connectivity index (χ0) is 13.0. The number of rotatable bonds is 3. The van der Waals surface area contributed by atoms with E-state index in [1.165, 1.54) is 21.0 Å². The van der Waals surface area contributed by atoms with Crippen molar-refractivity contribution in [2.24, 2.45) is 0 Å². The minimum Gasteiger partial charge on any atom is -0.456 e. The summed E-state index contributed by atoms with van der Waals surface area (Å²) in [6, 6.07) is 0. The molecule has 0 amide bonds. The Bertz CT molecular complexity index is 290. The molecule has 1 rings (SSSR count). The molecule has 1 heterocycles. The number of carbonyl (C=O) groups excluding carboxylic acids is 2. The van der Waals surface area contributed by atoms with E-state index in [1.54, 1.807) is 0 Å². The molecule has 17 heavy (non-hydrogen) atoms. The van der Waals surface area contributed by atoms with Gasteiger partial charge in [-0.25, -0.2) is 0 Å². The van der Waals surface area contributed by atoms with Crippen molar-refractivity contribution in [3.05, 3.63) is 0 Å². The van der Waals surface area contributed by atoms with Gasteiger partial charge in [0.15, 0.2) is 12.2 Å². The molecule has 0 aromatic carbocycles. The van der Waals surface area contributed by atoms with Gasteiger partial charge >= 0.3 is 11.9 Å². The predicted octanol–water partition coefficient (Wildman–Crippen LogP) is 0.284. The van der Waals surface area contributed by atoms with Crippen LogP contribution in [0, 0.1) is 0 Å². The second kappa shape index (κ2) is 5.97. The molecular formula is C11H18O6. The number of esters is 2. The summed E-state index contributed by atoms with van der Waals surface area (Å²) in [6.07, 6.45) is -1.93. The van der Waals surface area contributed by atoms with Gasteiger partial charge in [0.25, 0.3) is 0 Å². The SMILES string of the molecule is CO[C@H]1[C@H](OC(C)=O)[C@H](OC(C)=O)CO[C@@H]1C. The van der Waals surface area contributed by atoms with Gasteiger partial charge in [0, 0.05) is 21.0 Å². The van der Waals surface area contributed by atoms with Gasteiger partial charge in [0.05, 0.1) is 12.7 Å². The first kappa shape index (κ1) is 13.9. The Hall–Kier alpha value is -1.14. The third-order valence-electron chi connectivity index (χ3n) is 2.57. The van der Waals surface area contributed by atoms with Gasteiger partial charge < -0.3 is 18.9 Å². The van der Waals surface area contributed by atoms with Crippen molar-refractivity contribution in [2.75, 3.05) is 13.7 Å². The van der Waals surface area contributed by atoms with Crippen LogP contribution in [0.25, 0.3) is 0 Å². The van der Waals surface area contributed by atoms with E-state index in [0.717, 1.165) is 0 Å². The molecule has 0 unspecified atom stereocenters. The Morgan fingerprint density at radius 3 is 2.18 bits per heavy atom. The first-order valence-corrected chi connectivity index (χ1v) is 5.44. The highest BCUT2D eigenvalue weighted by Gasteiger charge is 2.42. The van der Waals surface area contributed by atoms with Crippen LogP contribution in [-0.4, -0.2) is 50.1 Å². The summed E-state index contributed by atoms with van der Waals surface area (Å²) in [4.78, 5) is 22.0. The summed E-state index contributed by atoms with van der Waals surface area (Å²) in [5, 5.41) is 0. The Labute approximate surface area is 100 Å². The summed E-state index contributed by atoms with van der Waals surface area (Å²) >= 11 is 0. The number of ether oxygens (including phenoxy) is 4. The van der Waals surface area contributed by atoms with E-state index in [0.29, 0.717) is 0 Å². The standard InChI is InChI=1S/C11H18O6/c1-6-10(14-4)11(17-8(3)13)9(5-15-6)16-7(2)12/h6,9-11H,5H2,1-4H3/t6-,9-,10-,11-/m1/s1. The summed E-state index contributed by atoms with van der Waals surface area (Å²) in [7, 11) is 1.50. The van der Waals surface area contributed by atoms with Crippen LogP contribution in [0.1, 0.15) is 20.8 Å². The Kier molecular flexibility index (Phi) is 4.89.